The second-order valence-electron chi connectivity index (χ2n) is 8.90. The van der Waals surface area contributed by atoms with Crippen LogP contribution in [0.1, 0.15) is 5.56 Å². The van der Waals surface area contributed by atoms with E-state index in [9.17, 15) is 34.8 Å². The molecule has 212 valence electrons. The molecule has 41 heavy (non-hydrogen) atoms. The standard InChI is InChI=1S/C27H19ClF3N3O5S2/c28-23-14-11-18(15-22(23)27(29,30)31)33-40(36,37)19-12-9-17(10-13-19)32-26(35)16-34-24-7-3-1-5-20(24)21-6-2-4-8-25(21)41(34,38)39/h1-15,33H,16H2,(H,32,35). The van der Waals surface area contributed by atoms with Crippen LogP contribution >= 0.6 is 11.6 Å². The van der Waals surface area contributed by atoms with Crippen molar-refractivity contribution in [3.63, 3.8) is 0 Å². The number of rotatable bonds is 6. The molecule has 0 aromatic heterocycles. The number of carbonyl (C=O) groups is 1. The molecule has 8 nitrogen and oxygen atoms in total. The van der Waals surface area contributed by atoms with Crippen molar-refractivity contribution in [1.82, 2.24) is 0 Å². The summed E-state index contributed by atoms with van der Waals surface area (Å²) in [6.07, 6.45) is -4.78. The van der Waals surface area contributed by atoms with Crippen molar-refractivity contribution < 1.29 is 34.8 Å². The monoisotopic (exact) mass is 621 g/mol. The van der Waals surface area contributed by atoms with Crippen LogP contribution in [0.4, 0.5) is 30.2 Å². The Morgan fingerprint density at radius 2 is 1.46 bits per heavy atom. The van der Waals surface area contributed by atoms with E-state index < -0.39 is 49.3 Å². The molecule has 0 bridgehead atoms. The highest BCUT2D eigenvalue weighted by Crippen LogP contribution is 2.42. The smallest absolute Gasteiger partial charge is 0.325 e. The van der Waals surface area contributed by atoms with Gasteiger partial charge in [-0.15, -0.1) is 0 Å². The number of anilines is 3. The normalized spacial score (nSPS) is 14.1. The third-order valence-corrected chi connectivity index (χ3v) is 9.72. The van der Waals surface area contributed by atoms with Gasteiger partial charge in [-0.3, -0.25) is 13.8 Å². The van der Waals surface area contributed by atoms with Gasteiger partial charge >= 0.3 is 6.18 Å². The maximum atomic E-state index is 13.4. The number of hydrogen-bond donors (Lipinski definition) is 2. The van der Waals surface area contributed by atoms with E-state index in [2.05, 4.69) is 10.0 Å². The number of benzene rings is 4. The number of carbonyl (C=O) groups excluding carboxylic acids is 1. The fourth-order valence-electron chi connectivity index (χ4n) is 4.32. The molecule has 5 rings (SSSR count). The van der Waals surface area contributed by atoms with Gasteiger partial charge in [0.1, 0.15) is 6.54 Å². The summed E-state index contributed by atoms with van der Waals surface area (Å²) in [6, 6.07) is 20.7. The zero-order valence-corrected chi connectivity index (χ0v) is 23.1. The SMILES string of the molecule is O=C(CN1c2ccccc2-c2ccccc2S1(=O)=O)Nc1ccc(S(=O)(=O)Nc2ccc(Cl)c(C(F)(F)F)c2)cc1. The minimum Gasteiger partial charge on any atom is -0.325 e. The van der Waals surface area contributed by atoms with Crippen LogP contribution in [0.25, 0.3) is 11.1 Å². The first-order valence-corrected chi connectivity index (χ1v) is 15.1. The van der Waals surface area contributed by atoms with E-state index in [-0.39, 0.29) is 21.2 Å². The summed E-state index contributed by atoms with van der Waals surface area (Å²) in [4.78, 5) is 12.7. The summed E-state index contributed by atoms with van der Waals surface area (Å²) in [7, 11) is -8.34. The number of hydrogen-bond acceptors (Lipinski definition) is 5. The highest BCUT2D eigenvalue weighted by molar-refractivity contribution is 7.93. The van der Waals surface area contributed by atoms with Gasteiger partial charge in [0.15, 0.2) is 0 Å². The Morgan fingerprint density at radius 3 is 2.15 bits per heavy atom. The van der Waals surface area contributed by atoms with Crippen molar-refractivity contribution in [3.8, 4) is 11.1 Å². The molecular weight excluding hydrogens is 603 g/mol. The van der Waals surface area contributed by atoms with Crippen molar-refractivity contribution in [1.29, 1.82) is 0 Å². The first-order chi connectivity index (χ1) is 19.3. The Kier molecular flexibility index (Phi) is 7.22. The average molecular weight is 622 g/mol. The molecule has 1 heterocycles. The van der Waals surface area contributed by atoms with Gasteiger partial charge in [-0.1, -0.05) is 48.0 Å². The average Bonchev–Trinajstić information content (AvgIpc) is 2.92. The van der Waals surface area contributed by atoms with Crippen molar-refractivity contribution in [2.75, 3.05) is 20.9 Å². The number of fused-ring (bicyclic) bond motifs is 3. The van der Waals surface area contributed by atoms with Gasteiger partial charge in [-0.2, -0.15) is 13.2 Å². The van der Waals surface area contributed by atoms with Crippen LogP contribution < -0.4 is 14.3 Å². The summed E-state index contributed by atoms with van der Waals surface area (Å²) in [5.74, 6) is -0.683. The van der Waals surface area contributed by atoms with Crippen LogP contribution in [0.5, 0.6) is 0 Å². The molecule has 0 spiro atoms. The molecule has 1 amide bonds. The lowest BCUT2D eigenvalue weighted by Gasteiger charge is -2.31. The molecule has 4 aromatic carbocycles. The molecule has 4 aromatic rings. The zero-order chi connectivity index (χ0) is 29.6. The molecule has 0 radical (unpaired) electrons. The largest absolute Gasteiger partial charge is 0.417 e. The van der Waals surface area contributed by atoms with Crippen LogP contribution in [0.3, 0.4) is 0 Å². The third kappa shape index (κ3) is 5.60. The number of para-hydroxylation sites is 1. The molecule has 0 aliphatic carbocycles. The van der Waals surface area contributed by atoms with Crippen LogP contribution in [0.15, 0.2) is 101 Å². The lowest BCUT2D eigenvalue weighted by Crippen LogP contribution is -2.40. The fraction of sp³-hybridized carbons (Fsp3) is 0.0741. The van der Waals surface area contributed by atoms with Crippen molar-refractivity contribution in [2.45, 2.75) is 16.0 Å². The Hall–Kier alpha value is -4.07. The molecule has 0 atom stereocenters. The number of alkyl halides is 3. The minimum absolute atomic E-state index is 0.0663. The van der Waals surface area contributed by atoms with Crippen LogP contribution in [0.2, 0.25) is 5.02 Å². The first-order valence-electron chi connectivity index (χ1n) is 11.8. The van der Waals surface area contributed by atoms with Gasteiger partial charge in [-0.05, 0) is 54.6 Å². The second kappa shape index (κ2) is 10.4. The summed E-state index contributed by atoms with van der Waals surface area (Å²) < 4.78 is 94.7. The van der Waals surface area contributed by atoms with Gasteiger partial charge in [0.2, 0.25) is 5.91 Å². The molecule has 1 aliphatic heterocycles. The van der Waals surface area contributed by atoms with Crippen LogP contribution in [-0.4, -0.2) is 29.3 Å². The van der Waals surface area contributed by atoms with Crippen molar-refractivity contribution >= 4 is 54.6 Å². The van der Waals surface area contributed by atoms with E-state index in [1.165, 1.54) is 18.2 Å². The summed E-state index contributed by atoms with van der Waals surface area (Å²) >= 11 is 5.58. The van der Waals surface area contributed by atoms with Gasteiger partial charge in [0, 0.05) is 22.5 Å². The highest BCUT2D eigenvalue weighted by Gasteiger charge is 2.36. The summed E-state index contributed by atoms with van der Waals surface area (Å²) in [5.41, 5.74) is 0.143. The third-order valence-electron chi connectivity index (χ3n) is 6.18. The molecule has 0 saturated carbocycles. The molecular formula is C27H19ClF3N3O5S2. The lowest BCUT2D eigenvalue weighted by atomic mass is 10.0. The number of nitrogens with zero attached hydrogens (tertiary/aromatic N) is 1. The fourth-order valence-corrected chi connectivity index (χ4v) is 7.24. The summed E-state index contributed by atoms with van der Waals surface area (Å²) in [6.45, 7) is -0.548. The Morgan fingerprint density at radius 1 is 0.854 bits per heavy atom. The molecule has 0 fully saturated rings. The second-order valence-corrected chi connectivity index (χ2v) is 12.8. The van der Waals surface area contributed by atoms with E-state index in [1.807, 2.05) is 0 Å². The minimum atomic E-state index is -4.78. The summed E-state index contributed by atoms with van der Waals surface area (Å²) in [5, 5.41) is 1.96. The molecule has 0 unspecified atom stereocenters. The molecule has 2 N–H and O–H groups in total. The van der Waals surface area contributed by atoms with Gasteiger partial charge in [-0.25, -0.2) is 16.8 Å². The van der Waals surface area contributed by atoms with Crippen LogP contribution in [-0.2, 0) is 31.0 Å². The zero-order valence-electron chi connectivity index (χ0n) is 20.7. The Labute approximate surface area is 238 Å². The highest BCUT2D eigenvalue weighted by atomic mass is 35.5. The number of halogens is 4. The number of amides is 1. The van der Waals surface area contributed by atoms with E-state index in [1.54, 1.807) is 42.5 Å². The van der Waals surface area contributed by atoms with Gasteiger partial charge in [0.25, 0.3) is 20.0 Å². The van der Waals surface area contributed by atoms with Gasteiger partial charge < -0.3 is 5.32 Å². The number of sulfonamides is 2. The molecule has 0 saturated heterocycles. The molecule has 1 aliphatic rings. The first kappa shape index (κ1) is 28.5. The lowest BCUT2D eigenvalue weighted by molar-refractivity contribution is -0.137. The van der Waals surface area contributed by atoms with E-state index in [4.69, 9.17) is 11.6 Å². The van der Waals surface area contributed by atoms with E-state index >= 15 is 0 Å². The predicted molar refractivity (Wildman–Crippen MR) is 149 cm³/mol. The van der Waals surface area contributed by atoms with Crippen molar-refractivity contribution in [3.05, 3.63) is 102 Å². The maximum Gasteiger partial charge on any atom is 0.417 e. The van der Waals surface area contributed by atoms with Crippen LogP contribution in [0, 0.1) is 0 Å². The predicted octanol–water partition coefficient (Wildman–Crippen LogP) is 5.97. The van der Waals surface area contributed by atoms with Crippen molar-refractivity contribution in [2.24, 2.45) is 0 Å². The van der Waals surface area contributed by atoms with E-state index in [0.29, 0.717) is 22.9 Å². The van der Waals surface area contributed by atoms with E-state index in [0.717, 1.165) is 28.6 Å². The Balaban J connectivity index is 1.32. The quantitative estimate of drug-likeness (QED) is 0.275. The maximum absolute atomic E-state index is 13.4. The van der Waals surface area contributed by atoms with Gasteiger partial charge in [0.05, 0.1) is 26.1 Å². The molecule has 14 heteroatoms. The Bertz CT molecular complexity index is 1880. The topological polar surface area (TPSA) is 113 Å². The number of nitrogens with one attached hydrogen (secondary N) is 2.